The number of hydrogen-bond acceptors (Lipinski definition) is 3. The minimum Gasteiger partial charge on any atom is -0.478 e. The largest absolute Gasteiger partial charge is 0.478 e. The maximum atomic E-state index is 10.2. The standard InChI is InChI=1S/C9H10O4/c10-7-3-1-2-5-9(7,13)6-4-8(11)12/h1-7,10,13H,(H,11,12). The van der Waals surface area contributed by atoms with Crippen molar-refractivity contribution in [3.8, 4) is 0 Å². The van der Waals surface area contributed by atoms with E-state index in [4.69, 9.17) is 5.11 Å². The van der Waals surface area contributed by atoms with Gasteiger partial charge in [0.2, 0.25) is 0 Å². The molecule has 2 atom stereocenters. The van der Waals surface area contributed by atoms with Gasteiger partial charge in [0, 0.05) is 6.08 Å². The minimum atomic E-state index is -1.60. The smallest absolute Gasteiger partial charge is 0.328 e. The number of carbonyl (C=O) groups is 1. The molecule has 4 heteroatoms. The predicted molar refractivity (Wildman–Crippen MR) is 46.0 cm³/mol. The zero-order chi connectivity index (χ0) is 9.90. The number of aliphatic hydroxyl groups excluding tert-OH is 1. The van der Waals surface area contributed by atoms with E-state index < -0.39 is 17.7 Å². The zero-order valence-electron chi connectivity index (χ0n) is 6.79. The van der Waals surface area contributed by atoms with Crippen molar-refractivity contribution in [1.29, 1.82) is 0 Å². The summed E-state index contributed by atoms with van der Waals surface area (Å²) in [6, 6.07) is 0. The van der Waals surface area contributed by atoms with Crippen LogP contribution in [0.2, 0.25) is 0 Å². The molecule has 1 rings (SSSR count). The molecule has 1 aliphatic rings. The fourth-order valence-electron chi connectivity index (χ4n) is 0.991. The summed E-state index contributed by atoms with van der Waals surface area (Å²) in [6.45, 7) is 0. The number of carboxylic acids is 1. The zero-order valence-corrected chi connectivity index (χ0v) is 6.79. The Hall–Kier alpha value is -1.39. The van der Waals surface area contributed by atoms with Gasteiger partial charge in [0.15, 0.2) is 0 Å². The van der Waals surface area contributed by atoms with E-state index in [1.165, 1.54) is 12.2 Å². The van der Waals surface area contributed by atoms with E-state index in [9.17, 15) is 15.0 Å². The Morgan fingerprint density at radius 2 is 2.15 bits per heavy atom. The molecule has 2 unspecified atom stereocenters. The van der Waals surface area contributed by atoms with Gasteiger partial charge in [-0.3, -0.25) is 0 Å². The minimum absolute atomic E-state index is 0.798. The van der Waals surface area contributed by atoms with Crippen LogP contribution in [0.4, 0.5) is 0 Å². The molecule has 1 aliphatic carbocycles. The molecular weight excluding hydrogens is 172 g/mol. The van der Waals surface area contributed by atoms with E-state index in [0.29, 0.717) is 0 Å². The SMILES string of the molecule is O=C(O)C=CC1(O)C=CC=CC1O. The summed E-state index contributed by atoms with van der Waals surface area (Å²) in [4.78, 5) is 10.2. The van der Waals surface area contributed by atoms with Crippen molar-refractivity contribution < 1.29 is 20.1 Å². The molecule has 0 saturated heterocycles. The fraction of sp³-hybridized carbons (Fsp3) is 0.222. The van der Waals surface area contributed by atoms with E-state index in [-0.39, 0.29) is 0 Å². The van der Waals surface area contributed by atoms with Crippen LogP contribution in [-0.4, -0.2) is 33.0 Å². The first-order valence-corrected chi connectivity index (χ1v) is 3.73. The Morgan fingerprint density at radius 1 is 1.46 bits per heavy atom. The van der Waals surface area contributed by atoms with Gasteiger partial charge in [-0.2, -0.15) is 0 Å². The molecule has 0 saturated carbocycles. The van der Waals surface area contributed by atoms with Crippen molar-refractivity contribution in [2.75, 3.05) is 0 Å². The molecule has 0 fully saturated rings. The van der Waals surface area contributed by atoms with Crippen LogP contribution in [0.1, 0.15) is 0 Å². The Kier molecular flexibility index (Phi) is 2.65. The van der Waals surface area contributed by atoms with Crippen LogP contribution >= 0.6 is 0 Å². The number of rotatable bonds is 2. The summed E-state index contributed by atoms with van der Waals surface area (Å²) in [6.07, 6.45) is 6.57. The third-order valence-electron chi connectivity index (χ3n) is 1.73. The molecule has 0 aromatic heterocycles. The molecule has 0 bridgehead atoms. The van der Waals surface area contributed by atoms with E-state index in [1.807, 2.05) is 0 Å². The molecule has 0 radical (unpaired) electrons. The first-order chi connectivity index (χ1) is 6.04. The van der Waals surface area contributed by atoms with Crippen LogP contribution in [0.5, 0.6) is 0 Å². The van der Waals surface area contributed by atoms with Crippen LogP contribution in [0.3, 0.4) is 0 Å². The van der Waals surface area contributed by atoms with Gasteiger partial charge >= 0.3 is 5.97 Å². The van der Waals surface area contributed by atoms with Gasteiger partial charge < -0.3 is 15.3 Å². The van der Waals surface area contributed by atoms with Crippen molar-refractivity contribution in [3.05, 3.63) is 36.5 Å². The normalized spacial score (nSPS) is 32.6. The second kappa shape index (κ2) is 3.55. The molecule has 0 heterocycles. The van der Waals surface area contributed by atoms with Crippen LogP contribution in [0.15, 0.2) is 36.5 Å². The molecule has 4 nitrogen and oxygen atoms in total. The van der Waals surface area contributed by atoms with Crippen molar-refractivity contribution in [3.63, 3.8) is 0 Å². The lowest BCUT2D eigenvalue weighted by Gasteiger charge is -2.26. The maximum Gasteiger partial charge on any atom is 0.328 e. The summed E-state index contributed by atoms with van der Waals surface area (Å²) < 4.78 is 0. The highest BCUT2D eigenvalue weighted by atomic mass is 16.4. The second-order valence-electron chi connectivity index (χ2n) is 2.75. The molecule has 0 aliphatic heterocycles. The number of allylic oxidation sites excluding steroid dienone is 2. The predicted octanol–water partition coefficient (Wildman–Crippen LogP) is -0.155. The number of aliphatic carboxylic acids is 1. The van der Waals surface area contributed by atoms with Crippen molar-refractivity contribution in [1.82, 2.24) is 0 Å². The first kappa shape index (κ1) is 9.70. The summed E-state index contributed by atoms with van der Waals surface area (Å²) in [5.41, 5.74) is -1.60. The van der Waals surface area contributed by atoms with Crippen molar-refractivity contribution in [2.24, 2.45) is 0 Å². The average Bonchev–Trinajstić information content (AvgIpc) is 2.07. The Morgan fingerprint density at radius 3 is 2.69 bits per heavy atom. The third-order valence-corrected chi connectivity index (χ3v) is 1.73. The average molecular weight is 182 g/mol. The van der Waals surface area contributed by atoms with E-state index >= 15 is 0 Å². The van der Waals surface area contributed by atoms with Crippen LogP contribution < -0.4 is 0 Å². The van der Waals surface area contributed by atoms with E-state index in [2.05, 4.69) is 0 Å². The van der Waals surface area contributed by atoms with E-state index in [0.717, 1.165) is 12.2 Å². The molecule has 0 aromatic rings. The van der Waals surface area contributed by atoms with Gasteiger partial charge in [-0.25, -0.2) is 4.79 Å². The first-order valence-electron chi connectivity index (χ1n) is 3.73. The fourth-order valence-corrected chi connectivity index (χ4v) is 0.991. The lowest BCUT2D eigenvalue weighted by atomic mass is 9.92. The topological polar surface area (TPSA) is 77.8 Å². The highest BCUT2D eigenvalue weighted by molar-refractivity contribution is 5.80. The Bertz CT molecular complexity index is 290. The number of carboxylic acid groups (broad SMARTS) is 1. The van der Waals surface area contributed by atoms with Gasteiger partial charge in [0.1, 0.15) is 11.7 Å². The monoisotopic (exact) mass is 182 g/mol. The number of hydrogen-bond donors (Lipinski definition) is 3. The van der Waals surface area contributed by atoms with Gasteiger partial charge in [-0.1, -0.05) is 18.2 Å². The molecule has 0 aromatic carbocycles. The molecule has 0 spiro atoms. The van der Waals surface area contributed by atoms with Crippen molar-refractivity contribution in [2.45, 2.75) is 11.7 Å². The third kappa shape index (κ3) is 2.27. The highest BCUT2D eigenvalue weighted by Gasteiger charge is 2.29. The van der Waals surface area contributed by atoms with E-state index in [1.54, 1.807) is 12.2 Å². The molecule has 70 valence electrons. The summed E-state index contributed by atoms with van der Waals surface area (Å²) >= 11 is 0. The maximum absolute atomic E-state index is 10.2. The molecule has 3 N–H and O–H groups in total. The van der Waals surface area contributed by atoms with Gasteiger partial charge in [0.05, 0.1) is 0 Å². The van der Waals surface area contributed by atoms with Crippen LogP contribution in [0.25, 0.3) is 0 Å². The van der Waals surface area contributed by atoms with Gasteiger partial charge in [-0.05, 0) is 12.2 Å². The highest BCUT2D eigenvalue weighted by Crippen LogP contribution is 2.19. The lowest BCUT2D eigenvalue weighted by Crippen LogP contribution is -2.38. The van der Waals surface area contributed by atoms with Crippen LogP contribution in [0, 0.1) is 0 Å². The number of aliphatic hydroxyl groups is 2. The quantitative estimate of drug-likeness (QED) is 0.519. The Labute approximate surface area is 75.1 Å². The Balaban J connectivity index is 2.81. The van der Waals surface area contributed by atoms with Crippen LogP contribution in [-0.2, 0) is 4.79 Å². The van der Waals surface area contributed by atoms with Gasteiger partial charge in [-0.15, -0.1) is 0 Å². The lowest BCUT2D eigenvalue weighted by molar-refractivity contribution is -0.131. The summed E-state index contributed by atoms with van der Waals surface area (Å²) in [7, 11) is 0. The van der Waals surface area contributed by atoms with Gasteiger partial charge in [0.25, 0.3) is 0 Å². The summed E-state index contributed by atoms with van der Waals surface area (Å²) in [5.74, 6) is -1.16. The molecule has 0 amide bonds. The molecule has 13 heavy (non-hydrogen) atoms. The summed E-state index contributed by atoms with van der Waals surface area (Å²) in [5, 5.41) is 27.3. The molecular formula is C9H10O4. The second-order valence-corrected chi connectivity index (χ2v) is 2.75. The van der Waals surface area contributed by atoms with Crippen molar-refractivity contribution >= 4 is 5.97 Å².